The Hall–Kier alpha value is -2.04. The predicted octanol–water partition coefficient (Wildman–Crippen LogP) is 0.526. The SMILES string of the molecule is O=C(O)CNC(=O)CCc1ccc(O)cc1. The number of hydrogen-bond acceptors (Lipinski definition) is 3. The number of carboxylic acid groups (broad SMARTS) is 1. The van der Waals surface area contributed by atoms with Crippen molar-refractivity contribution in [3.63, 3.8) is 0 Å². The van der Waals surface area contributed by atoms with E-state index >= 15 is 0 Å². The number of carbonyl (C=O) groups is 2. The molecule has 0 unspecified atom stereocenters. The van der Waals surface area contributed by atoms with Crippen molar-refractivity contribution in [2.75, 3.05) is 6.54 Å². The Kier molecular flexibility index (Phi) is 4.32. The number of benzene rings is 1. The summed E-state index contributed by atoms with van der Waals surface area (Å²) in [6.07, 6.45) is 0.754. The van der Waals surface area contributed by atoms with E-state index in [9.17, 15) is 9.59 Å². The van der Waals surface area contributed by atoms with Crippen LogP contribution in [0, 0.1) is 0 Å². The van der Waals surface area contributed by atoms with Crippen molar-refractivity contribution < 1.29 is 19.8 Å². The molecule has 0 heterocycles. The molecule has 1 aromatic rings. The maximum absolute atomic E-state index is 11.2. The number of hydrogen-bond donors (Lipinski definition) is 3. The minimum absolute atomic E-state index is 0.180. The molecule has 1 rings (SSSR count). The lowest BCUT2D eigenvalue weighted by Gasteiger charge is -2.02. The summed E-state index contributed by atoms with van der Waals surface area (Å²) < 4.78 is 0. The first-order chi connectivity index (χ1) is 7.58. The van der Waals surface area contributed by atoms with E-state index in [1.807, 2.05) is 0 Å². The van der Waals surface area contributed by atoms with Crippen molar-refractivity contribution in [1.29, 1.82) is 0 Å². The number of amides is 1. The summed E-state index contributed by atoms with van der Waals surface area (Å²) in [6.45, 7) is -0.353. The molecule has 5 nitrogen and oxygen atoms in total. The van der Waals surface area contributed by atoms with E-state index in [0.717, 1.165) is 5.56 Å². The average Bonchev–Trinajstić information content (AvgIpc) is 2.25. The number of phenolic OH excluding ortho intramolecular Hbond substituents is 1. The van der Waals surface area contributed by atoms with Gasteiger partial charge in [0.2, 0.25) is 5.91 Å². The molecule has 0 aliphatic heterocycles. The summed E-state index contributed by atoms with van der Waals surface area (Å²) in [5, 5.41) is 19.6. The molecule has 5 heteroatoms. The Morgan fingerprint density at radius 1 is 1.19 bits per heavy atom. The molecular formula is C11H13NO4. The monoisotopic (exact) mass is 223 g/mol. The fourth-order valence-electron chi connectivity index (χ4n) is 1.18. The zero-order chi connectivity index (χ0) is 12.0. The van der Waals surface area contributed by atoms with E-state index < -0.39 is 5.97 Å². The van der Waals surface area contributed by atoms with Crippen molar-refractivity contribution in [3.8, 4) is 5.75 Å². The Morgan fingerprint density at radius 3 is 2.38 bits per heavy atom. The van der Waals surface area contributed by atoms with E-state index in [1.165, 1.54) is 0 Å². The lowest BCUT2D eigenvalue weighted by atomic mass is 10.1. The average molecular weight is 223 g/mol. The maximum atomic E-state index is 11.2. The topological polar surface area (TPSA) is 86.6 Å². The van der Waals surface area contributed by atoms with E-state index in [1.54, 1.807) is 24.3 Å². The Labute approximate surface area is 92.7 Å². The van der Waals surface area contributed by atoms with E-state index in [-0.39, 0.29) is 24.6 Å². The summed E-state index contributed by atoms with van der Waals surface area (Å²) in [6, 6.07) is 6.54. The fourth-order valence-corrected chi connectivity index (χ4v) is 1.18. The quantitative estimate of drug-likeness (QED) is 0.679. The second kappa shape index (κ2) is 5.75. The highest BCUT2D eigenvalue weighted by atomic mass is 16.4. The lowest BCUT2D eigenvalue weighted by molar-refractivity contribution is -0.137. The highest BCUT2D eigenvalue weighted by Crippen LogP contribution is 2.10. The van der Waals surface area contributed by atoms with E-state index in [2.05, 4.69) is 5.32 Å². The number of aromatic hydroxyl groups is 1. The molecule has 0 spiro atoms. The van der Waals surface area contributed by atoms with Crippen LogP contribution in [0.2, 0.25) is 0 Å². The van der Waals surface area contributed by atoms with Crippen molar-refractivity contribution in [1.82, 2.24) is 5.32 Å². The predicted molar refractivity (Wildman–Crippen MR) is 57.1 cm³/mol. The fraction of sp³-hybridized carbons (Fsp3) is 0.273. The molecule has 3 N–H and O–H groups in total. The first-order valence-corrected chi connectivity index (χ1v) is 4.84. The van der Waals surface area contributed by atoms with Crippen molar-refractivity contribution in [3.05, 3.63) is 29.8 Å². The minimum Gasteiger partial charge on any atom is -0.508 e. The first kappa shape index (κ1) is 12.0. The molecule has 0 bridgehead atoms. The van der Waals surface area contributed by atoms with Gasteiger partial charge in [0.05, 0.1) is 0 Å². The molecule has 1 amide bonds. The van der Waals surface area contributed by atoms with Gasteiger partial charge in [0.15, 0.2) is 0 Å². The van der Waals surface area contributed by atoms with Crippen LogP contribution >= 0.6 is 0 Å². The third kappa shape index (κ3) is 4.45. The smallest absolute Gasteiger partial charge is 0.322 e. The number of carboxylic acids is 1. The van der Waals surface area contributed by atoms with Crippen LogP contribution in [0.3, 0.4) is 0 Å². The number of aryl methyl sites for hydroxylation is 1. The number of phenols is 1. The zero-order valence-corrected chi connectivity index (χ0v) is 8.64. The number of nitrogens with one attached hydrogen (secondary N) is 1. The summed E-state index contributed by atoms with van der Waals surface area (Å²) >= 11 is 0. The van der Waals surface area contributed by atoms with Crippen molar-refractivity contribution in [2.45, 2.75) is 12.8 Å². The van der Waals surface area contributed by atoms with Crippen molar-refractivity contribution in [2.24, 2.45) is 0 Å². The van der Waals surface area contributed by atoms with Gasteiger partial charge in [-0.15, -0.1) is 0 Å². The summed E-state index contributed by atoms with van der Waals surface area (Å²) in [4.78, 5) is 21.3. The van der Waals surface area contributed by atoms with Gasteiger partial charge in [-0.05, 0) is 24.1 Å². The van der Waals surface area contributed by atoms with Crippen LogP contribution in [0.25, 0.3) is 0 Å². The Balaban J connectivity index is 2.31. The van der Waals surface area contributed by atoms with Gasteiger partial charge in [0, 0.05) is 6.42 Å². The largest absolute Gasteiger partial charge is 0.508 e. The summed E-state index contributed by atoms with van der Waals surface area (Å²) in [7, 11) is 0. The Bertz CT molecular complexity index is 372. The molecule has 0 aliphatic carbocycles. The van der Waals surface area contributed by atoms with Crippen LogP contribution < -0.4 is 5.32 Å². The van der Waals surface area contributed by atoms with Gasteiger partial charge in [-0.3, -0.25) is 9.59 Å². The molecule has 16 heavy (non-hydrogen) atoms. The zero-order valence-electron chi connectivity index (χ0n) is 8.64. The van der Waals surface area contributed by atoms with Gasteiger partial charge in [-0.1, -0.05) is 12.1 Å². The first-order valence-electron chi connectivity index (χ1n) is 4.84. The van der Waals surface area contributed by atoms with E-state index in [4.69, 9.17) is 10.2 Å². The van der Waals surface area contributed by atoms with Crippen LogP contribution in [-0.2, 0) is 16.0 Å². The maximum Gasteiger partial charge on any atom is 0.322 e. The molecule has 0 radical (unpaired) electrons. The van der Waals surface area contributed by atoms with Crippen LogP contribution in [-0.4, -0.2) is 28.6 Å². The van der Waals surface area contributed by atoms with Gasteiger partial charge in [0.25, 0.3) is 0 Å². The molecule has 0 saturated carbocycles. The molecule has 0 aromatic heterocycles. The van der Waals surface area contributed by atoms with Gasteiger partial charge >= 0.3 is 5.97 Å². The molecule has 0 saturated heterocycles. The normalized spacial score (nSPS) is 9.75. The van der Waals surface area contributed by atoms with E-state index in [0.29, 0.717) is 6.42 Å². The third-order valence-corrected chi connectivity index (χ3v) is 2.01. The highest BCUT2D eigenvalue weighted by Gasteiger charge is 2.04. The molecule has 0 atom stereocenters. The second-order valence-electron chi connectivity index (χ2n) is 3.34. The van der Waals surface area contributed by atoms with Gasteiger partial charge in [0.1, 0.15) is 12.3 Å². The van der Waals surface area contributed by atoms with Gasteiger partial charge in [-0.25, -0.2) is 0 Å². The molecule has 1 aromatic carbocycles. The number of aliphatic carboxylic acids is 1. The second-order valence-corrected chi connectivity index (χ2v) is 3.34. The number of rotatable bonds is 5. The molecule has 0 aliphatic rings. The molecule has 86 valence electrons. The standard InChI is InChI=1S/C11H13NO4/c13-9-4-1-8(2-5-9)3-6-10(14)12-7-11(15)16/h1-2,4-5,13H,3,6-7H2,(H,12,14)(H,15,16). The van der Waals surface area contributed by atoms with Crippen LogP contribution in [0.4, 0.5) is 0 Å². The highest BCUT2D eigenvalue weighted by molar-refractivity contribution is 5.81. The number of carbonyl (C=O) groups excluding carboxylic acids is 1. The lowest BCUT2D eigenvalue weighted by Crippen LogP contribution is -2.29. The summed E-state index contributed by atoms with van der Waals surface area (Å²) in [5.74, 6) is -1.17. The van der Waals surface area contributed by atoms with Crippen molar-refractivity contribution >= 4 is 11.9 Å². The molecular weight excluding hydrogens is 210 g/mol. The van der Waals surface area contributed by atoms with Crippen LogP contribution in [0.15, 0.2) is 24.3 Å². The minimum atomic E-state index is -1.06. The van der Waals surface area contributed by atoms with Gasteiger partial charge in [-0.2, -0.15) is 0 Å². The Morgan fingerprint density at radius 2 is 1.81 bits per heavy atom. The molecule has 0 fully saturated rings. The van der Waals surface area contributed by atoms with Gasteiger partial charge < -0.3 is 15.5 Å². The van der Waals surface area contributed by atoms with Crippen LogP contribution in [0.1, 0.15) is 12.0 Å². The third-order valence-electron chi connectivity index (χ3n) is 2.01. The van der Waals surface area contributed by atoms with Crippen LogP contribution in [0.5, 0.6) is 5.75 Å². The summed E-state index contributed by atoms with van der Waals surface area (Å²) in [5.41, 5.74) is 0.920.